The summed E-state index contributed by atoms with van der Waals surface area (Å²) in [5.41, 5.74) is 6.67. The van der Waals surface area contributed by atoms with E-state index in [-0.39, 0.29) is 30.7 Å². The Labute approximate surface area is 134 Å². The average Bonchev–Trinajstić information content (AvgIpc) is 2.42. The van der Waals surface area contributed by atoms with Crippen LogP contribution in [-0.4, -0.2) is 23.9 Å². The van der Waals surface area contributed by atoms with Crippen molar-refractivity contribution in [3.8, 4) is 0 Å². The van der Waals surface area contributed by atoms with Gasteiger partial charge in [0.25, 0.3) is 0 Å². The summed E-state index contributed by atoms with van der Waals surface area (Å²) >= 11 is 0. The molecule has 0 atom stereocenters. The number of hydrogen-bond acceptors (Lipinski definition) is 2. The van der Waals surface area contributed by atoms with Gasteiger partial charge in [-0.15, -0.1) is 31.4 Å². The lowest BCUT2D eigenvalue weighted by atomic mass is 10.2. The minimum atomic E-state index is 0. The Kier molecular flexibility index (Phi) is 13.8. The van der Waals surface area contributed by atoms with Crippen LogP contribution in [0.5, 0.6) is 0 Å². The molecular formula is C15H24Cl2N2O. The van der Waals surface area contributed by atoms with E-state index in [0.717, 1.165) is 24.9 Å². The Morgan fingerprint density at radius 3 is 2.45 bits per heavy atom. The molecule has 3 nitrogen and oxygen atoms in total. The molecule has 0 aromatic heterocycles. The molecule has 0 bridgehead atoms. The highest BCUT2D eigenvalue weighted by Crippen LogP contribution is 2.08. The molecule has 114 valence electrons. The largest absolute Gasteiger partial charge is 0.338 e. The molecule has 20 heavy (non-hydrogen) atoms. The van der Waals surface area contributed by atoms with Gasteiger partial charge in [0.1, 0.15) is 0 Å². The van der Waals surface area contributed by atoms with Crippen LogP contribution in [0.15, 0.2) is 43.0 Å². The summed E-state index contributed by atoms with van der Waals surface area (Å²) in [6.07, 6.45) is 3.88. The number of benzene rings is 1. The van der Waals surface area contributed by atoms with E-state index in [4.69, 9.17) is 5.73 Å². The van der Waals surface area contributed by atoms with E-state index >= 15 is 0 Å². The third kappa shape index (κ3) is 8.20. The molecule has 1 amide bonds. The van der Waals surface area contributed by atoms with Crippen molar-refractivity contribution < 1.29 is 4.79 Å². The van der Waals surface area contributed by atoms with E-state index in [9.17, 15) is 4.79 Å². The third-order valence-corrected chi connectivity index (χ3v) is 2.76. The molecule has 0 unspecified atom stereocenters. The van der Waals surface area contributed by atoms with Crippen LogP contribution < -0.4 is 5.73 Å². The van der Waals surface area contributed by atoms with Gasteiger partial charge in [-0.1, -0.05) is 36.4 Å². The molecule has 0 radical (unpaired) electrons. The molecule has 0 aliphatic heterocycles. The normalized spacial score (nSPS) is 9.05. The van der Waals surface area contributed by atoms with Crippen molar-refractivity contribution in [1.82, 2.24) is 4.90 Å². The van der Waals surface area contributed by atoms with Crippen molar-refractivity contribution in [2.45, 2.75) is 25.8 Å². The van der Waals surface area contributed by atoms with Gasteiger partial charge >= 0.3 is 0 Å². The molecule has 0 fully saturated rings. The van der Waals surface area contributed by atoms with Crippen molar-refractivity contribution in [2.75, 3.05) is 13.1 Å². The van der Waals surface area contributed by atoms with Crippen LogP contribution in [0.4, 0.5) is 0 Å². The fourth-order valence-corrected chi connectivity index (χ4v) is 1.76. The van der Waals surface area contributed by atoms with Gasteiger partial charge in [0.05, 0.1) is 0 Å². The minimum Gasteiger partial charge on any atom is -0.338 e. The highest BCUT2D eigenvalue weighted by atomic mass is 35.5. The van der Waals surface area contributed by atoms with Crippen LogP contribution >= 0.6 is 24.8 Å². The molecule has 1 rings (SSSR count). The third-order valence-electron chi connectivity index (χ3n) is 2.76. The smallest absolute Gasteiger partial charge is 0.223 e. The van der Waals surface area contributed by atoms with Crippen molar-refractivity contribution in [1.29, 1.82) is 0 Å². The number of carbonyl (C=O) groups is 1. The summed E-state index contributed by atoms with van der Waals surface area (Å²) in [5.74, 6) is 0.173. The molecule has 0 aliphatic rings. The van der Waals surface area contributed by atoms with Crippen LogP contribution in [0, 0.1) is 0 Å². The molecule has 0 heterocycles. The fraction of sp³-hybridized carbons (Fsp3) is 0.400. The Balaban J connectivity index is 0. The predicted molar refractivity (Wildman–Crippen MR) is 89.5 cm³/mol. The molecule has 1 aromatic carbocycles. The second-order valence-electron chi connectivity index (χ2n) is 4.27. The Morgan fingerprint density at radius 2 is 1.90 bits per heavy atom. The van der Waals surface area contributed by atoms with Gasteiger partial charge in [0.15, 0.2) is 0 Å². The summed E-state index contributed by atoms with van der Waals surface area (Å²) in [6, 6.07) is 10.0. The number of rotatable bonds is 8. The zero-order valence-corrected chi connectivity index (χ0v) is 13.3. The van der Waals surface area contributed by atoms with Crippen LogP contribution in [0.25, 0.3) is 0 Å². The van der Waals surface area contributed by atoms with Gasteiger partial charge in [0.2, 0.25) is 5.91 Å². The number of nitrogens with two attached hydrogens (primary N) is 1. The summed E-state index contributed by atoms with van der Waals surface area (Å²) in [4.78, 5) is 13.9. The van der Waals surface area contributed by atoms with Gasteiger partial charge in [-0.2, -0.15) is 0 Å². The topological polar surface area (TPSA) is 46.3 Å². The molecule has 0 spiro atoms. The van der Waals surface area contributed by atoms with E-state index in [0.29, 0.717) is 19.5 Å². The molecule has 0 saturated heterocycles. The lowest BCUT2D eigenvalue weighted by Gasteiger charge is -2.22. The number of halogens is 2. The fourth-order valence-electron chi connectivity index (χ4n) is 1.76. The number of allylic oxidation sites excluding steroid dienone is 1. The Hall–Kier alpha value is -1.03. The maximum Gasteiger partial charge on any atom is 0.223 e. The SMILES string of the molecule is C=CCCC(=O)N(CCCN)Cc1ccccc1.Cl.Cl. The van der Waals surface area contributed by atoms with Crippen molar-refractivity contribution in [2.24, 2.45) is 5.73 Å². The number of hydrogen-bond donors (Lipinski definition) is 1. The van der Waals surface area contributed by atoms with E-state index in [1.54, 1.807) is 6.08 Å². The van der Waals surface area contributed by atoms with Gasteiger partial charge < -0.3 is 10.6 Å². The van der Waals surface area contributed by atoms with Crippen molar-refractivity contribution >= 4 is 30.7 Å². The highest BCUT2D eigenvalue weighted by molar-refractivity contribution is 5.85. The molecule has 0 aliphatic carbocycles. The van der Waals surface area contributed by atoms with Crippen LogP contribution in [0.3, 0.4) is 0 Å². The maximum atomic E-state index is 12.0. The van der Waals surface area contributed by atoms with Crippen molar-refractivity contribution in [3.05, 3.63) is 48.6 Å². The molecule has 2 N–H and O–H groups in total. The Bertz CT molecular complexity index is 371. The van der Waals surface area contributed by atoms with E-state index < -0.39 is 0 Å². The zero-order chi connectivity index (χ0) is 13.2. The van der Waals surface area contributed by atoms with E-state index in [2.05, 4.69) is 6.58 Å². The second-order valence-corrected chi connectivity index (χ2v) is 4.27. The molecule has 1 aromatic rings. The van der Waals surface area contributed by atoms with Crippen LogP contribution in [0.1, 0.15) is 24.8 Å². The monoisotopic (exact) mass is 318 g/mol. The number of carbonyl (C=O) groups excluding carboxylic acids is 1. The van der Waals surface area contributed by atoms with Gasteiger partial charge in [-0.25, -0.2) is 0 Å². The van der Waals surface area contributed by atoms with Crippen LogP contribution in [-0.2, 0) is 11.3 Å². The maximum absolute atomic E-state index is 12.0. The molecular weight excluding hydrogens is 295 g/mol. The quantitative estimate of drug-likeness (QED) is 0.748. The Morgan fingerprint density at radius 1 is 1.25 bits per heavy atom. The summed E-state index contributed by atoms with van der Waals surface area (Å²) in [6.45, 7) is 5.65. The summed E-state index contributed by atoms with van der Waals surface area (Å²) < 4.78 is 0. The lowest BCUT2D eigenvalue weighted by molar-refractivity contribution is -0.131. The zero-order valence-electron chi connectivity index (χ0n) is 11.7. The first-order valence-corrected chi connectivity index (χ1v) is 6.40. The lowest BCUT2D eigenvalue weighted by Crippen LogP contribution is -2.32. The van der Waals surface area contributed by atoms with Gasteiger partial charge in [-0.3, -0.25) is 4.79 Å². The molecule has 0 saturated carbocycles. The first-order valence-electron chi connectivity index (χ1n) is 6.40. The standard InChI is InChI=1S/C15H22N2O.2ClH/c1-2-3-10-15(18)17(12-7-11-16)13-14-8-5-4-6-9-14;;/h2,4-6,8-9H,1,3,7,10-13,16H2;2*1H. The predicted octanol–water partition coefficient (Wildman–Crippen LogP) is 3.17. The van der Waals surface area contributed by atoms with E-state index in [1.807, 2.05) is 35.2 Å². The summed E-state index contributed by atoms with van der Waals surface area (Å²) in [7, 11) is 0. The number of amides is 1. The van der Waals surface area contributed by atoms with E-state index in [1.165, 1.54) is 0 Å². The van der Waals surface area contributed by atoms with Crippen LogP contribution in [0.2, 0.25) is 0 Å². The first-order chi connectivity index (χ1) is 8.77. The van der Waals surface area contributed by atoms with Gasteiger partial charge in [-0.05, 0) is 24.9 Å². The first kappa shape index (κ1) is 21.3. The average molecular weight is 319 g/mol. The molecule has 5 heteroatoms. The second kappa shape index (κ2) is 13.0. The number of nitrogens with zero attached hydrogens (tertiary/aromatic N) is 1. The minimum absolute atomic E-state index is 0. The van der Waals surface area contributed by atoms with Gasteiger partial charge in [0, 0.05) is 19.5 Å². The highest BCUT2D eigenvalue weighted by Gasteiger charge is 2.12. The summed E-state index contributed by atoms with van der Waals surface area (Å²) in [5, 5.41) is 0. The van der Waals surface area contributed by atoms with Crippen molar-refractivity contribution in [3.63, 3.8) is 0 Å².